The summed E-state index contributed by atoms with van der Waals surface area (Å²) in [5.74, 6) is 0.795. The predicted molar refractivity (Wildman–Crippen MR) is 121 cm³/mol. The van der Waals surface area contributed by atoms with Crippen molar-refractivity contribution in [2.75, 3.05) is 24.5 Å². The third-order valence-electron chi connectivity index (χ3n) is 6.45. The zero-order valence-electron chi connectivity index (χ0n) is 17.5. The summed E-state index contributed by atoms with van der Waals surface area (Å²) in [6, 6.07) is 16.9. The van der Waals surface area contributed by atoms with Gasteiger partial charge in [0.25, 0.3) is 0 Å². The number of carbonyl (C=O) groups is 1. The first-order valence-corrected chi connectivity index (χ1v) is 10.9. The second-order valence-corrected chi connectivity index (χ2v) is 8.40. The van der Waals surface area contributed by atoms with E-state index in [0.717, 1.165) is 61.1 Å². The normalized spacial score (nSPS) is 18.8. The van der Waals surface area contributed by atoms with Crippen LogP contribution in [0.5, 0.6) is 0 Å². The number of carbonyl (C=O) groups excluding carboxylic acids is 1. The largest absolute Gasteiger partial charge is 0.326 e. The zero-order chi connectivity index (χ0) is 20.5. The molecule has 3 aromatic rings. The van der Waals surface area contributed by atoms with Gasteiger partial charge in [-0.25, -0.2) is 9.78 Å². The highest BCUT2D eigenvalue weighted by atomic mass is 16.2. The Morgan fingerprint density at radius 2 is 2.00 bits per heavy atom. The third-order valence-corrected chi connectivity index (χ3v) is 6.45. The van der Waals surface area contributed by atoms with Crippen molar-refractivity contribution in [3.63, 3.8) is 0 Å². The molecule has 0 bridgehead atoms. The maximum Gasteiger partial charge on any atom is 0.326 e. The van der Waals surface area contributed by atoms with Crippen LogP contribution in [0, 0.1) is 6.92 Å². The molecule has 1 N–H and O–H groups in total. The van der Waals surface area contributed by atoms with Gasteiger partial charge in [-0.2, -0.15) is 0 Å². The number of rotatable bonds is 2. The molecule has 0 radical (unpaired) electrons. The van der Waals surface area contributed by atoms with E-state index >= 15 is 0 Å². The number of urea groups is 1. The average molecular weight is 401 g/mol. The van der Waals surface area contributed by atoms with Crippen molar-refractivity contribution in [1.82, 2.24) is 15.2 Å². The van der Waals surface area contributed by atoms with E-state index in [0.29, 0.717) is 6.54 Å². The van der Waals surface area contributed by atoms with Gasteiger partial charge < -0.3 is 10.2 Å². The molecule has 1 atom stereocenters. The molecule has 2 aromatic carbocycles. The van der Waals surface area contributed by atoms with Crippen molar-refractivity contribution < 1.29 is 4.79 Å². The molecule has 0 aliphatic carbocycles. The minimum atomic E-state index is 0.0708. The van der Waals surface area contributed by atoms with Crippen molar-refractivity contribution >= 4 is 22.6 Å². The Kier molecular flexibility index (Phi) is 5.13. The monoisotopic (exact) mass is 400 g/mol. The number of benzene rings is 2. The summed E-state index contributed by atoms with van der Waals surface area (Å²) in [6.45, 7) is 5.33. The van der Waals surface area contributed by atoms with Gasteiger partial charge in [-0.3, -0.25) is 4.90 Å². The van der Waals surface area contributed by atoms with Gasteiger partial charge in [-0.15, -0.1) is 0 Å². The molecular weight excluding hydrogens is 372 g/mol. The number of fused-ring (bicyclic) bond motifs is 2. The highest BCUT2D eigenvalue weighted by Crippen LogP contribution is 2.32. The molecule has 5 nitrogen and oxygen atoms in total. The van der Waals surface area contributed by atoms with Crippen LogP contribution in [0.2, 0.25) is 0 Å². The zero-order valence-corrected chi connectivity index (χ0v) is 17.5. The number of amides is 2. The first-order valence-electron chi connectivity index (χ1n) is 10.9. The van der Waals surface area contributed by atoms with Crippen LogP contribution in [-0.4, -0.2) is 41.6 Å². The average Bonchev–Trinajstić information content (AvgIpc) is 2.80. The van der Waals surface area contributed by atoms with Gasteiger partial charge in [0.05, 0.1) is 6.04 Å². The summed E-state index contributed by atoms with van der Waals surface area (Å²) < 4.78 is 0. The summed E-state index contributed by atoms with van der Waals surface area (Å²) in [7, 11) is 0. The minimum absolute atomic E-state index is 0.0708. The van der Waals surface area contributed by atoms with Crippen LogP contribution in [0.25, 0.3) is 10.8 Å². The fourth-order valence-electron chi connectivity index (χ4n) is 4.86. The molecule has 0 spiro atoms. The van der Waals surface area contributed by atoms with Crippen LogP contribution in [0.3, 0.4) is 0 Å². The molecule has 1 fully saturated rings. The Morgan fingerprint density at radius 3 is 2.83 bits per heavy atom. The van der Waals surface area contributed by atoms with Crippen LogP contribution in [0.15, 0.2) is 54.7 Å². The van der Waals surface area contributed by atoms with E-state index < -0.39 is 0 Å². The second-order valence-electron chi connectivity index (χ2n) is 8.40. The smallest absolute Gasteiger partial charge is 0.320 e. The van der Waals surface area contributed by atoms with Crippen LogP contribution in [0.1, 0.15) is 29.5 Å². The highest BCUT2D eigenvalue weighted by Gasteiger charge is 2.33. The van der Waals surface area contributed by atoms with Crippen LogP contribution in [-0.2, 0) is 13.0 Å². The molecule has 5 heteroatoms. The summed E-state index contributed by atoms with van der Waals surface area (Å²) in [6.07, 6.45) is 4.80. The minimum Gasteiger partial charge on any atom is -0.320 e. The quantitative estimate of drug-likeness (QED) is 0.698. The topological polar surface area (TPSA) is 48.5 Å². The van der Waals surface area contributed by atoms with Gasteiger partial charge in [0.15, 0.2) is 0 Å². The van der Waals surface area contributed by atoms with E-state index in [9.17, 15) is 4.79 Å². The molecule has 1 saturated heterocycles. The van der Waals surface area contributed by atoms with Gasteiger partial charge in [0.2, 0.25) is 0 Å². The SMILES string of the molecule is Cc1cccc2ccnc(N(C(=O)N3CCc4ccccc4C3)C3CCCNC3)c12. The number of pyridine rings is 1. The summed E-state index contributed by atoms with van der Waals surface area (Å²) >= 11 is 0. The Hall–Kier alpha value is -2.92. The number of nitrogens with one attached hydrogen (secondary N) is 1. The summed E-state index contributed by atoms with van der Waals surface area (Å²) in [5, 5.41) is 5.69. The van der Waals surface area contributed by atoms with E-state index in [4.69, 9.17) is 4.98 Å². The number of hydrogen-bond donors (Lipinski definition) is 1. The van der Waals surface area contributed by atoms with Gasteiger partial charge in [-0.05, 0) is 60.9 Å². The van der Waals surface area contributed by atoms with Crippen LogP contribution >= 0.6 is 0 Å². The molecule has 3 heterocycles. The Labute approximate surface area is 177 Å². The molecule has 154 valence electrons. The van der Waals surface area contributed by atoms with E-state index in [-0.39, 0.29) is 12.1 Å². The molecule has 30 heavy (non-hydrogen) atoms. The Bertz CT molecular complexity index is 1070. The second kappa shape index (κ2) is 8.07. The van der Waals surface area contributed by atoms with Crippen molar-refractivity contribution in [2.45, 2.75) is 38.8 Å². The van der Waals surface area contributed by atoms with Crippen molar-refractivity contribution in [3.8, 4) is 0 Å². The van der Waals surface area contributed by atoms with Gasteiger partial charge in [0, 0.05) is 31.2 Å². The molecule has 2 aliphatic rings. The number of anilines is 1. The van der Waals surface area contributed by atoms with Gasteiger partial charge >= 0.3 is 6.03 Å². The van der Waals surface area contributed by atoms with Crippen molar-refractivity contribution in [2.24, 2.45) is 0 Å². The molecule has 2 aliphatic heterocycles. The molecule has 0 saturated carbocycles. The number of aromatic nitrogens is 1. The van der Waals surface area contributed by atoms with Crippen molar-refractivity contribution in [1.29, 1.82) is 0 Å². The third kappa shape index (κ3) is 3.43. The summed E-state index contributed by atoms with van der Waals surface area (Å²) in [4.78, 5) is 22.7. The number of hydrogen-bond acceptors (Lipinski definition) is 3. The standard InChI is InChI=1S/C25H28N4O/c1-18-6-4-9-20-11-14-27-24(23(18)20)29(22-10-5-13-26-16-22)25(30)28-15-12-19-7-2-3-8-21(19)17-28/h2-4,6-9,11,14,22,26H,5,10,12-13,15-17H2,1H3. The lowest BCUT2D eigenvalue weighted by molar-refractivity contribution is 0.194. The van der Waals surface area contributed by atoms with Crippen LogP contribution < -0.4 is 10.2 Å². The van der Waals surface area contributed by atoms with E-state index in [1.807, 2.05) is 22.1 Å². The van der Waals surface area contributed by atoms with E-state index in [2.05, 4.69) is 54.7 Å². The fourth-order valence-corrected chi connectivity index (χ4v) is 4.86. The van der Waals surface area contributed by atoms with E-state index in [1.54, 1.807) is 0 Å². The molecule has 2 amide bonds. The molecule has 1 unspecified atom stereocenters. The Balaban J connectivity index is 1.56. The summed E-state index contributed by atoms with van der Waals surface area (Å²) in [5.41, 5.74) is 3.76. The lowest BCUT2D eigenvalue weighted by Gasteiger charge is -2.39. The molecular formula is C25H28N4O. The maximum atomic E-state index is 13.9. The fraction of sp³-hybridized carbons (Fsp3) is 0.360. The van der Waals surface area contributed by atoms with E-state index in [1.165, 1.54) is 11.1 Å². The lowest BCUT2D eigenvalue weighted by atomic mass is 9.99. The predicted octanol–water partition coefficient (Wildman–Crippen LogP) is 4.28. The first-order chi connectivity index (χ1) is 14.7. The number of piperidine rings is 1. The first kappa shape index (κ1) is 19.1. The van der Waals surface area contributed by atoms with Crippen molar-refractivity contribution in [3.05, 3.63) is 71.4 Å². The maximum absolute atomic E-state index is 13.9. The van der Waals surface area contributed by atoms with Crippen LogP contribution in [0.4, 0.5) is 10.6 Å². The number of nitrogens with zero attached hydrogens (tertiary/aromatic N) is 3. The Morgan fingerprint density at radius 1 is 1.13 bits per heavy atom. The molecule has 5 rings (SSSR count). The highest BCUT2D eigenvalue weighted by molar-refractivity contribution is 6.03. The van der Waals surface area contributed by atoms with Gasteiger partial charge in [-0.1, -0.05) is 42.5 Å². The molecule has 1 aromatic heterocycles. The lowest BCUT2D eigenvalue weighted by Crippen LogP contribution is -2.54. The van der Waals surface area contributed by atoms with Gasteiger partial charge in [0.1, 0.15) is 5.82 Å². The number of aryl methyl sites for hydroxylation is 1.